The minimum atomic E-state index is -0.359. The molecule has 126 valence electrons. The van der Waals surface area contributed by atoms with Crippen LogP contribution in [-0.2, 0) is 16.1 Å². The Hall–Kier alpha value is -2.41. The van der Waals surface area contributed by atoms with E-state index in [1.54, 1.807) is 19.3 Å². The molecule has 2 aromatic rings. The molecule has 0 saturated heterocycles. The number of halogens is 1. The van der Waals surface area contributed by atoms with Crippen LogP contribution < -0.4 is 10.6 Å². The predicted molar refractivity (Wildman–Crippen MR) is 93.0 cm³/mol. The quantitative estimate of drug-likeness (QED) is 0.808. The normalized spacial score (nSPS) is 11.6. The Labute approximate surface area is 144 Å². The van der Waals surface area contributed by atoms with Gasteiger partial charge in [-0.1, -0.05) is 0 Å². The predicted octanol–water partition coefficient (Wildman–Crippen LogP) is 2.60. The van der Waals surface area contributed by atoms with E-state index in [9.17, 15) is 14.0 Å². The van der Waals surface area contributed by atoms with Crippen molar-refractivity contribution in [3.8, 4) is 0 Å². The van der Waals surface area contributed by atoms with E-state index < -0.39 is 0 Å². The minimum Gasteiger partial charge on any atom is -0.351 e. The smallest absolute Gasteiger partial charge is 0.234 e. The average Bonchev–Trinajstić information content (AvgIpc) is 2.60. The highest BCUT2D eigenvalue weighted by atomic mass is 32.2. The van der Waals surface area contributed by atoms with Gasteiger partial charge >= 0.3 is 0 Å². The molecule has 0 radical (unpaired) electrons. The summed E-state index contributed by atoms with van der Waals surface area (Å²) in [5.41, 5.74) is 1.49. The van der Waals surface area contributed by atoms with E-state index >= 15 is 0 Å². The van der Waals surface area contributed by atoms with Gasteiger partial charge in [0.15, 0.2) is 0 Å². The highest BCUT2D eigenvalue weighted by Crippen LogP contribution is 2.13. The van der Waals surface area contributed by atoms with Crippen molar-refractivity contribution in [1.82, 2.24) is 10.3 Å². The van der Waals surface area contributed by atoms with Crippen LogP contribution in [0.5, 0.6) is 0 Å². The van der Waals surface area contributed by atoms with E-state index in [2.05, 4.69) is 15.6 Å². The van der Waals surface area contributed by atoms with Gasteiger partial charge < -0.3 is 10.6 Å². The number of aromatic nitrogens is 1. The van der Waals surface area contributed by atoms with E-state index in [0.29, 0.717) is 12.2 Å². The minimum absolute atomic E-state index is 0.133. The second-order valence-electron chi connectivity index (χ2n) is 5.08. The molecule has 0 aliphatic carbocycles. The number of nitrogens with zero attached hydrogens (tertiary/aromatic N) is 1. The van der Waals surface area contributed by atoms with Gasteiger partial charge in [0.25, 0.3) is 0 Å². The lowest BCUT2D eigenvalue weighted by molar-refractivity contribution is -0.120. The molecule has 0 spiro atoms. The molecule has 1 aromatic carbocycles. The Morgan fingerprint density at radius 2 is 1.83 bits per heavy atom. The van der Waals surface area contributed by atoms with Crippen LogP contribution in [0, 0.1) is 5.82 Å². The van der Waals surface area contributed by atoms with Crippen LogP contribution in [0.15, 0.2) is 48.8 Å². The standard InChI is InChI=1S/C17H18FN3O2S/c1-12(17(23)20-10-13-6-8-19-9-7-13)24-11-16(22)21-15-4-2-14(18)3-5-15/h2-9,12H,10-11H2,1H3,(H,20,23)(H,21,22). The maximum Gasteiger partial charge on any atom is 0.234 e. The summed E-state index contributed by atoms with van der Waals surface area (Å²) in [5, 5.41) is 5.12. The van der Waals surface area contributed by atoms with Crippen LogP contribution in [0.2, 0.25) is 0 Å². The molecule has 1 aromatic heterocycles. The van der Waals surface area contributed by atoms with Crippen LogP contribution in [0.4, 0.5) is 10.1 Å². The van der Waals surface area contributed by atoms with Crippen molar-refractivity contribution in [3.63, 3.8) is 0 Å². The molecule has 1 heterocycles. The number of rotatable bonds is 7. The number of pyridine rings is 1. The molecule has 2 rings (SSSR count). The summed E-state index contributed by atoms with van der Waals surface area (Å²) in [4.78, 5) is 27.8. The third-order valence-corrected chi connectivity index (χ3v) is 4.32. The Balaban J connectivity index is 1.71. The second-order valence-corrected chi connectivity index (χ2v) is 6.41. The number of benzene rings is 1. The third kappa shape index (κ3) is 6.00. The number of carbonyl (C=O) groups is 2. The van der Waals surface area contributed by atoms with E-state index in [1.807, 2.05) is 12.1 Å². The summed E-state index contributed by atoms with van der Waals surface area (Å²) in [6.45, 7) is 2.17. The Morgan fingerprint density at radius 1 is 1.17 bits per heavy atom. The van der Waals surface area contributed by atoms with Crippen LogP contribution in [-0.4, -0.2) is 27.8 Å². The Kier molecular flexibility index (Phi) is 6.74. The molecule has 1 atom stereocenters. The highest BCUT2D eigenvalue weighted by molar-refractivity contribution is 8.01. The number of hydrogen-bond acceptors (Lipinski definition) is 4. The first-order valence-electron chi connectivity index (χ1n) is 7.38. The topological polar surface area (TPSA) is 71.1 Å². The van der Waals surface area contributed by atoms with Gasteiger partial charge in [-0.05, 0) is 48.9 Å². The third-order valence-electron chi connectivity index (χ3n) is 3.18. The molecular weight excluding hydrogens is 329 g/mol. The summed E-state index contributed by atoms with van der Waals surface area (Å²) in [5.74, 6) is -0.588. The van der Waals surface area contributed by atoms with Gasteiger partial charge in [0.05, 0.1) is 11.0 Å². The molecule has 2 amide bonds. The number of carbonyl (C=O) groups excluding carboxylic acids is 2. The largest absolute Gasteiger partial charge is 0.351 e. The van der Waals surface area contributed by atoms with Gasteiger partial charge in [0.2, 0.25) is 11.8 Å². The number of amides is 2. The van der Waals surface area contributed by atoms with Gasteiger partial charge in [-0.2, -0.15) is 0 Å². The molecule has 5 nitrogen and oxygen atoms in total. The first kappa shape index (κ1) is 17.9. The van der Waals surface area contributed by atoms with Crippen molar-refractivity contribution in [3.05, 3.63) is 60.2 Å². The zero-order valence-corrected chi connectivity index (χ0v) is 14.0. The summed E-state index contributed by atoms with van der Waals surface area (Å²) >= 11 is 1.24. The maximum atomic E-state index is 12.8. The SMILES string of the molecule is CC(SCC(=O)Nc1ccc(F)cc1)C(=O)NCc1ccncc1. The summed E-state index contributed by atoms with van der Waals surface area (Å²) in [7, 11) is 0. The maximum absolute atomic E-state index is 12.8. The van der Waals surface area contributed by atoms with Crippen LogP contribution in [0.1, 0.15) is 12.5 Å². The zero-order valence-electron chi connectivity index (χ0n) is 13.2. The van der Waals surface area contributed by atoms with Crippen LogP contribution in [0.3, 0.4) is 0 Å². The van der Waals surface area contributed by atoms with Crippen molar-refractivity contribution < 1.29 is 14.0 Å². The lowest BCUT2D eigenvalue weighted by Crippen LogP contribution is -2.31. The van der Waals surface area contributed by atoms with Crippen molar-refractivity contribution >= 4 is 29.3 Å². The number of anilines is 1. The zero-order chi connectivity index (χ0) is 17.4. The second kappa shape index (κ2) is 9.02. The van der Waals surface area contributed by atoms with E-state index in [1.165, 1.54) is 36.0 Å². The van der Waals surface area contributed by atoms with Gasteiger partial charge in [-0.3, -0.25) is 14.6 Å². The Morgan fingerprint density at radius 3 is 2.50 bits per heavy atom. The van der Waals surface area contributed by atoms with E-state index in [0.717, 1.165) is 5.56 Å². The summed E-state index contributed by atoms with van der Waals surface area (Å²) in [6, 6.07) is 9.18. The fourth-order valence-electron chi connectivity index (χ4n) is 1.84. The molecule has 1 unspecified atom stereocenters. The summed E-state index contributed by atoms with van der Waals surface area (Å²) in [6.07, 6.45) is 3.33. The van der Waals surface area contributed by atoms with Crippen LogP contribution in [0.25, 0.3) is 0 Å². The molecule has 0 bridgehead atoms. The van der Waals surface area contributed by atoms with Crippen molar-refractivity contribution in [2.24, 2.45) is 0 Å². The molecule has 0 aliphatic rings. The van der Waals surface area contributed by atoms with E-state index in [4.69, 9.17) is 0 Å². The Bertz CT molecular complexity index is 680. The number of hydrogen-bond donors (Lipinski definition) is 2. The van der Waals surface area contributed by atoms with Crippen molar-refractivity contribution in [1.29, 1.82) is 0 Å². The number of thioether (sulfide) groups is 1. The average molecular weight is 347 g/mol. The van der Waals surface area contributed by atoms with Gasteiger partial charge in [-0.15, -0.1) is 11.8 Å². The first-order valence-corrected chi connectivity index (χ1v) is 8.43. The molecule has 7 heteroatoms. The molecule has 0 aliphatic heterocycles. The molecule has 2 N–H and O–H groups in total. The monoisotopic (exact) mass is 347 g/mol. The fourth-order valence-corrected chi connectivity index (χ4v) is 2.55. The van der Waals surface area contributed by atoms with Gasteiger partial charge in [-0.25, -0.2) is 4.39 Å². The molecule has 24 heavy (non-hydrogen) atoms. The van der Waals surface area contributed by atoms with Crippen molar-refractivity contribution in [2.45, 2.75) is 18.7 Å². The van der Waals surface area contributed by atoms with Gasteiger partial charge in [0.1, 0.15) is 5.82 Å². The highest BCUT2D eigenvalue weighted by Gasteiger charge is 2.15. The molecular formula is C17H18FN3O2S. The first-order chi connectivity index (χ1) is 11.5. The lowest BCUT2D eigenvalue weighted by Gasteiger charge is -2.12. The van der Waals surface area contributed by atoms with Gasteiger partial charge in [0, 0.05) is 24.6 Å². The van der Waals surface area contributed by atoms with Crippen molar-refractivity contribution in [2.75, 3.05) is 11.1 Å². The molecule has 0 fully saturated rings. The van der Waals surface area contributed by atoms with Crippen LogP contribution >= 0.6 is 11.8 Å². The van der Waals surface area contributed by atoms with E-state index in [-0.39, 0.29) is 28.6 Å². The lowest BCUT2D eigenvalue weighted by atomic mass is 10.2. The fraction of sp³-hybridized carbons (Fsp3) is 0.235. The molecule has 0 saturated carbocycles. The summed E-state index contributed by atoms with van der Waals surface area (Å²) < 4.78 is 12.8. The number of nitrogens with one attached hydrogen (secondary N) is 2.